The minimum Gasteiger partial charge on any atom is -0.399 e. The molecule has 0 unspecified atom stereocenters. The van der Waals surface area contributed by atoms with Crippen molar-refractivity contribution in [3.8, 4) is 44.8 Å². The van der Waals surface area contributed by atoms with Crippen LogP contribution < -0.4 is 32.8 Å². The van der Waals surface area contributed by atoms with Crippen molar-refractivity contribution in [2.45, 2.75) is 46.3 Å². The number of alkyl halides is 3. The number of anilines is 7. The van der Waals surface area contributed by atoms with Crippen LogP contribution in [0.1, 0.15) is 61.4 Å². The number of nitrogens with two attached hydrogens (primary N) is 2. The Morgan fingerprint density at radius 3 is 1.84 bits per heavy atom. The van der Waals surface area contributed by atoms with Crippen molar-refractivity contribution in [3.05, 3.63) is 233 Å². The molecule has 7 heterocycles. The predicted octanol–water partition coefficient (Wildman–Crippen LogP) is 14.9. The molecule has 86 heavy (non-hydrogen) atoms. The zero-order valence-corrected chi connectivity index (χ0v) is 48.6. The number of benzene rings is 5. The summed E-state index contributed by atoms with van der Waals surface area (Å²) in [5.41, 5.74) is 30.0. The number of primary amides is 1. The lowest BCUT2D eigenvalue weighted by molar-refractivity contribution is -0.137. The fourth-order valence-electron chi connectivity index (χ4n) is 9.28. The fraction of sp³-hybridized carbons (Fsp3) is 0.138. The van der Waals surface area contributed by atoms with Crippen molar-refractivity contribution in [2.75, 3.05) is 40.2 Å². The summed E-state index contributed by atoms with van der Waals surface area (Å²) >= 11 is 2.99. The van der Waals surface area contributed by atoms with Crippen LogP contribution in [0.3, 0.4) is 0 Å². The molecule has 0 bridgehead atoms. The minimum atomic E-state index is -4.51. The van der Waals surface area contributed by atoms with Gasteiger partial charge in [-0.1, -0.05) is 42.5 Å². The van der Waals surface area contributed by atoms with Gasteiger partial charge in [-0.15, -0.1) is 22.7 Å². The average Bonchev–Trinajstić information content (AvgIpc) is 3.83. The number of carbonyl (C=O) groups excluding carboxylic acids is 2. The third kappa shape index (κ3) is 15.4. The van der Waals surface area contributed by atoms with Crippen LogP contribution in [0, 0.1) is 20.8 Å². The van der Waals surface area contributed by atoms with Crippen LogP contribution in [0.4, 0.5) is 51.9 Å². The first-order chi connectivity index (χ1) is 41.6. The third-order valence-corrected chi connectivity index (χ3v) is 15.4. The number of rotatable bonds is 15. The fourth-order valence-corrected chi connectivity index (χ4v) is 10.7. The normalized spacial score (nSPS) is 12.1. The van der Waals surface area contributed by atoms with Gasteiger partial charge in [0.05, 0.1) is 35.0 Å². The van der Waals surface area contributed by atoms with E-state index in [1.54, 1.807) is 65.3 Å². The number of nitrogens with zero attached hydrogens (tertiary/aromatic N) is 8. The van der Waals surface area contributed by atoms with E-state index in [4.69, 9.17) is 11.5 Å². The van der Waals surface area contributed by atoms with Crippen molar-refractivity contribution in [2.24, 2.45) is 5.73 Å². The quantitative estimate of drug-likeness (QED) is 0.0527. The highest BCUT2D eigenvalue weighted by molar-refractivity contribution is 7.14. The van der Waals surface area contributed by atoms with Crippen molar-refractivity contribution in [1.29, 1.82) is 0 Å². The number of pyridine rings is 3. The van der Waals surface area contributed by atoms with Gasteiger partial charge in [0, 0.05) is 111 Å². The van der Waals surface area contributed by atoms with Crippen LogP contribution >= 0.6 is 22.7 Å². The Morgan fingerprint density at radius 1 is 0.616 bits per heavy atom. The maximum Gasteiger partial charge on any atom is 0.416 e. The van der Waals surface area contributed by atoms with Crippen molar-refractivity contribution >= 4 is 73.2 Å². The number of carbonyl (C=O) groups is 2. The Bertz CT molecular complexity index is 4110. The number of aryl methyl sites for hydroxylation is 3. The molecule has 0 saturated carbocycles. The number of amides is 2. The van der Waals surface area contributed by atoms with Crippen molar-refractivity contribution in [1.82, 2.24) is 39.7 Å². The van der Waals surface area contributed by atoms with Gasteiger partial charge in [0.1, 0.15) is 0 Å². The average molecular weight is 1190 g/mol. The number of aromatic nitrogens is 7. The molecule has 11 aromatic rings. The Kier molecular flexibility index (Phi) is 18.6. The smallest absolute Gasteiger partial charge is 0.399 e. The van der Waals surface area contributed by atoms with E-state index >= 15 is 0 Å². The van der Waals surface area contributed by atoms with Crippen LogP contribution in [0.15, 0.2) is 194 Å². The summed E-state index contributed by atoms with van der Waals surface area (Å²) in [6.07, 6.45) is 12.3. The Balaban J connectivity index is 0.000000148. The Hall–Kier alpha value is -10.1. The first-order valence-corrected chi connectivity index (χ1v) is 29.0. The van der Waals surface area contributed by atoms with Crippen LogP contribution in [0.2, 0.25) is 0 Å². The molecule has 8 N–H and O–H groups in total. The number of thiazole rings is 2. The summed E-state index contributed by atoms with van der Waals surface area (Å²) in [6, 6.07) is 39.0. The molecular weight excluding hydrogens is 1130 g/mol. The summed E-state index contributed by atoms with van der Waals surface area (Å²) in [7, 11) is 0. The number of nitrogens with one attached hydrogen (secondary N) is 4. The lowest BCUT2D eigenvalue weighted by atomic mass is 9.95. The molecule has 0 aliphatic carbocycles. The first-order valence-electron chi connectivity index (χ1n) is 27.3. The summed E-state index contributed by atoms with van der Waals surface area (Å²) in [5, 5.41) is 19.1. The van der Waals surface area contributed by atoms with Crippen LogP contribution in [0.25, 0.3) is 44.8 Å². The van der Waals surface area contributed by atoms with E-state index in [-0.39, 0.29) is 5.56 Å². The molecule has 0 spiro atoms. The second kappa shape index (κ2) is 27.1. The highest BCUT2D eigenvalue weighted by Gasteiger charge is 2.31. The summed E-state index contributed by atoms with van der Waals surface area (Å²) in [5.74, 6) is -1.05. The number of halogens is 3. The number of hydrogen-bond acceptors (Lipinski definition) is 15. The maximum absolute atomic E-state index is 12.9. The SMILES string of the molecule is Cc1ccc(-c2cc(CN3CCCC3)ccc2C(N)=O)cc1Nn1cc(-c2cccnc2)cn1.Cc1ccc(N)cc1Nc1nc(-c2cccnc2)cs1.Cc1ccc(NC(=O)c2cccc(C(F)(F)F)c2)cc1Nc1nc(-c2cccnc2)cs1. The maximum atomic E-state index is 12.9. The lowest BCUT2D eigenvalue weighted by Gasteiger charge is -2.17. The topological polar surface area (TPSA) is 220 Å². The van der Waals surface area contributed by atoms with Crippen molar-refractivity contribution < 1.29 is 22.8 Å². The van der Waals surface area contributed by atoms with Gasteiger partial charge in [-0.2, -0.15) is 23.1 Å². The van der Waals surface area contributed by atoms with E-state index in [0.717, 1.165) is 121 Å². The lowest BCUT2D eigenvalue weighted by Crippen LogP contribution is -2.19. The van der Waals surface area contributed by atoms with Gasteiger partial charge < -0.3 is 27.4 Å². The molecule has 1 aliphatic heterocycles. The molecule has 21 heteroatoms. The van der Waals surface area contributed by atoms with Crippen LogP contribution in [-0.4, -0.2) is 64.6 Å². The molecule has 1 saturated heterocycles. The largest absolute Gasteiger partial charge is 0.416 e. The van der Waals surface area contributed by atoms with Gasteiger partial charge in [0.15, 0.2) is 10.3 Å². The van der Waals surface area contributed by atoms with Gasteiger partial charge >= 0.3 is 6.18 Å². The zero-order chi connectivity index (χ0) is 60.2. The number of nitrogen functional groups attached to an aromatic ring is 1. The van der Waals surface area contributed by atoms with E-state index in [2.05, 4.69) is 62.4 Å². The summed E-state index contributed by atoms with van der Waals surface area (Å²) in [4.78, 5) is 50.3. The number of hydrogen-bond donors (Lipinski definition) is 6. The second-order valence-electron chi connectivity index (χ2n) is 20.2. The zero-order valence-electron chi connectivity index (χ0n) is 47.0. The molecular formula is C65H59F3N14O2S2. The van der Waals surface area contributed by atoms with Crippen molar-refractivity contribution in [3.63, 3.8) is 0 Å². The Labute approximate surface area is 502 Å². The van der Waals surface area contributed by atoms with E-state index < -0.39 is 23.6 Å². The molecule has 12 rings (SSSR count). The second-order valence-corrected chi connectivity index (χ2v) is 21.9. The molecule has 0 radical (unpaired) electrons. The molecule has 2 amide bonds. The molecule has 434 valence electrons. The molecule has 1 fully saturated rings. The van der Waals surface area contributed by atoms with Crippen LogP contribution in [-0.2, 0) is 12.7 Å². The standard InChI is InChI=1S/C27H28N6O.C23H17F3N4OS.C15H14N4S/c1-19-6-8-21(14-26(19)31-33-18-23(16-30-33)22-5-4-10-29-15-22)25-13-20(7-9-24(25)27(28)34)17-32-11-2-3-12-32;1-14-7-8-18(28-21(31)15-4-2-6-17(10-15)23(24,25)26)11-19(14)29-22-30-20(13-32-22)16-5-3-9-27-12-16;1-10-4-5-12(16)7-13(10)18-15-19-14(9-20-15)11-3-2-6-17-8-11/h4-10,13-16,18,31H,2-3,11-12,17H2,1H3,(H2,28,34);2-13H,1H3,(H,28,31)(H,29,30);2-9H,16H2,1H3,(H,18,19). The molecule has 5 aromatic carbocycles. The van der Waals surface area contributed by atoms with Gasteiger partial charge in [-0.25, -0.2) is 9.97 Å². The van der Waals surface area contributed by atoms with Gasteiger partial charge in [0.25, 0.3) is 5.91 Å². The summed E-state index contributed by atoms with van der Waals surface area (Å²) in [6.45, 7) is 9.10. The van der Waals surface area contributed by atoms with Gasteiger partial charge in [0.2, 0.25) is 5.91 Å². The van der Waals surface area contributed by atoms with E-state index in [1.807, 2.05) is 135 Å². The first kappa shape index (κ1) is 59.1. The van der Waals surface area contributed by atoms with Gasteiger partial charge in [-0.3, -0.25) is 34.9 Å². The summed E-state index contributed by atoms with van der Waals surface area (Å²) < 4.78 is 38.8. The van der Waals surface area contributed by atoms with E-state index in [0.29, 0.717) is 16.4 Å². The van der Waals surface area contributed by atoms with E-state index in [9.17, 15) is 22.8 Å². The molecule has 16 nitrogen and oxygen atoms in total. The molecule has 0 atom stereocenters. The highest BCUT2D eigenvalue weighted by atomic mass is 32.1. The van der Waals surface area contributed by atoms with Crippen LogP contribution in [0.5, 0.6) is 0 Å². The van der Waals surface area contributed by atoms with Gasteiger partial charge in [-0.05, 0) is 171 Å². The Morgan fingerprint density at radius 2 is 1.22 bits per heavy atom. The van der Waals surface area contributed by atoms with E-state index in [1.165, 1.54) is 41.9 Å². The number of likely N-dealkylation sites (tertiary alicyclic amines) is 1. The highest BCUT2D eigenvalue weighted by Crippen LogP contribution is 2.34. The molecule has 6 aromatic heterocycles. The monoisotopic (exact) mass is 1190 g/mol. The minimum absolute atomic E-state index is 0.0732. The molecule has 1 aliphatic rings. The predicted molar refractivity (Wildman–Crippen MR) is 338 cm³/mol. The third-order valence-electron chi connectivity index (χ3n) is 13.9.